The molecule has 1 aromatic heterocycles. The fourth-order valence-electron chi connectivity index (χ4n) is 2.32. The van der Waals surface area contributed by atoms with Crippen molar-refractivity contribution in [1.82, 2.24) is 5.32 Å². The van der Waals surface area contributed by atoms with Crippen LogP contribution < -0.4 is 5.32 Å². The molecule has 2 rings (SSSR count). The van der Waals surface area contributed by atoms with Crippen molar-refractivity contribution in [2.24, 2.45) is 5.92 Å². The zero-order valence-corrected chi connectivity index (χ0v) is 13.3. The second-order valence-electron chi connectivity index (χ2n) is 5.53. The minimum absolute atomic E-state index is 0.00889. The summed E-state index contributed by atoms with van der Waals surface area (Å²) in [6.45, 7) is 8.29. The van der Waals surface area contributed by atoms with Gasteiger partial charge in [0.1, 0.15) is 0 Å². The summed E-state index contributed by atoms with van der Waals surface area (Å²) < 4.78 is 0. The quantitative estimate of drug-likeness (QED) is 0.882. The predicted octanol–water partition coefficient (Wildman–Crippen LogP) is 4.49. The highest BCUT2D eigenvalue weighted by Gasteiger charge is 2.20. The molecule has 1 unspecified atom stereocenters. The lowest BCUT2D eigenvalue weighted by molar-refractivity contribution is 0.0926. The van der Waals surface area contributed by atoms with Gasteiger partial charge >= 0.3 is 0 Å². The van der Waals surface area contributed by atoms with E-state index in [0.717, 1.165) is 11.1 Å². The van der Waals surface area contributed by atoms with E-state index in [9.17, 15) is 4.79 Å². The maximum Gasteiger partial charge on any atom is 0.252 e. The van der Waals surface area contributed by atoms with Gasteiger partial charge in [-0.05, 0) is 42.8 Å². The first kappa shape index (κ1) is 14.8. The van der Waals surface area contributed by atoms with Gasteiger partial charge in [0, 0.05) is 10.4 Å². The van der Waals surface area contributed by atoms with Crippen LogP contribution in [0, 0.1) is 19.8 Å². The lowest BCUT2D eigenvalue weighted by atomic mass is 10.0. The third kappa shape index (κ3) is 3.28. The van der Waals surface area contributed by atoms with E-state index in [-0.39, 0.29) is 11.9 Å². The second-order valence-corrected chi connectivity index (χ2v) is 6.51. The Labute approximate surface area is 124 Å². The number of rotatable bonds is 4. The van der Waals surface area contributed by atoms with Gasteiger partial charge in [-0.1, -0.05) is 37.6 Å². The van der Waals surface area contributed by atoms with E-state index in [4.69, 9.17) is 0 Å². The molecule has 20 heavy (non-hydrogen) atoms. The van der Waals surface area contributed by atoms with Crippen molar-refractivity contribution in [3.63, 3.8) is 0 Å². The molecule has 0 aliphatic rings. The monoisotopic (exact) mass is 287 g/mol. The third-order valence-electron chi connectivity index (χ3n) is 3.43. The molecule has 2 nitrogen and oxygen atoms in total. The number of carbonyl (C=O) groups is 1. The average molecular weight is 287 g/mol. The highest BCUT2D eigenvalue weighted by Crippen LogP contribution is 2.26. The number of hydrogen-bond donors (Lipinski definition) is 1. The maximum atomic E-state index is 12.5. The third-order valence-corrected chi connectivity index (χ3v) is 4.38. The van der Waals surface area contributed by atoms with Crippen LogP contribution in [-0.2, 0) is 0 Å². The SMILES string of the molecule is Cc1ccc(C(=O)NC(c2cccs2)C(C)C)c(C)c1. The number of amides is 1. The largest absolute Gasteiger partial charge is 0.344 e. The molecule has 0 saturated carbocycles. The standard InChI is InChI=1S/C17H21NOS/c1-11(2)16(15-6-5-9-20-15)18-17(19)14-8-7-12(3)10-13(14)4/h5-11,16H,1-4H3,(H,18,19). The minimum Gasteiger partial charge on any atom is -0.344 e. The van der Waals surface area contributed by atoms with Gasteiger partial charge in [-0.15, -0.1) is 11.3 Å². The van der Waals surface area contributed by atoms with Crippen LogP contribution in [0.5, 0.6) is 0 Å². The first-order valence-electron chi connectivity index (χ1n) is 6.90. The van der Waals surface area contributed by atoms with Gasteiger partial charge in [0.25, 0.3) is 5.91 Å². The molecule has 1 heterocycles. The molecule has 1 aromatic carbocycles. The van der Waals surface area contributed by atoms with E-state index in [0.29, 0.717) is 5.92 Å². The summed E-state index contributed by atoms with van der Waals surface area (Å²) in [6.07, 6.45) is 0. The Kier molecular flexibility index (Phi) is 4.61. The first-order valence-corrected chi connectivity index (χ1v) is 7.78. The molecule has 106 valence electrons. The van der Waals surface area contributed by atoms with Gasteiger partial charge < -0.3 is 5.32 Å². The number of thiophene rings is 1. The topological polar surface area (TPSA) is 29.1 Å². The molecular formula is C17H21NOS. The summed E-state index contributed by atoms with van der Waals surface area (Å²) in [5.41, 5.74) is 2.96. The lowest BCUT2D eigenvalue weighted by Crippen LogP contribution is -2.31. The number of nitrogens with one attached hydrogen (secondary N) is 1. The molecule has 2 aromatic rings. The maximum absolute atomic E-state index is 12.5. The van der Waals surface area contributed by atoms with E-state index in [2.05, 4.69) is 25.2 Å². The Hall–Kier alpha value is -1.61. The zero-order valence-electron chi connectivity index (χ0n) is 12.4. The Morgan fingerprint density at radius 2 is 1.95 bits per heavy atom. The van der Waals surface area contributed by atoms with E-state index in [1.54, 1.807) is 11.3 Å². The Bertz CT molecular complexity index is 587. The van der Waals surface area contributed by atoms with E-state index in [1.165, 1.54) is 10.4 Å². The van der Waals surface area contributed by atoms with E-state index < -0.39 is 0 Å². The van der Waals surface area contributed by atoms with Crippen LogP contribution in [0.3, 0.4) is 0 Å². The van der Waals surface area contributed by atoms with Crippen LogP contribution in [0.25, 0.3) is 0 Å². The molecule has 1 amide bonds. The van der Waals surface area contributed by atoms with Crippen molar-refractivity contribution in [2.75, 3.05) is 0 Å². The number of carbonyl (C=O) groups excluding carboxylic acids is 1. The summed E-state index contributed by atoms with van der Waals surface area (Å²) in [5.74, 6) is 0.373. The van der Waals surface area contributed by atoms with Gasteiger partial charge in [-0.3, -0.25) is 4.79 Å². The summed E-state index contributed by atoms with van der Waals surface area (Å²) >= 11 is 1.69. The Morgan fingerprint density at radius 1 is 1.20 bits per heavy atom. The summed E-state index contributed by atoms with van der Waals surface area (Å²) in [7, 11) is 0. The molecule has 0 aliphatic heterocycles. The minimum atomic E-state index is 0.00889. The molecule has 1 N–H and O–H groups in total. The summed E-state index contributed by atoms with van der Waals surface area (Å²) in [5, 5.41) is 5.22. The second kappa shape index (κ2) is 6.23. The summed E-state index contributed by atoms with van der Waals surface area (Å²) in [6, 6.07) is 10.1. The van der Waals surface area contributed by atoms with Crippen LogP contribution in [0.15, 0.2) is 35.7 Å². The van der Waals surface area contributed by atoms with Gasteiger partial charge in [0.15, 0.2) is 0 Å². The highest BCUT2D eigenvalue weighted by atomic mass is 32.1. The fourth-order valence-corrected chi connectivity index (χ4v) is 3.27. The van der Waals surface area contributed by atoms with Crippen molar-refractivity contribution < 1.29 is 4.79 Å². The molecule has 1 atom stereocenters. The normalized spacial score (nSPS) is 12.4. The van der Waals surface area contributed by atoms with Gasteiger partial charge in [-0.2, -0.15) is 0 Å². The molecule has 0 fully saturated rings. The van der Waals surface area contributed by atoms with Gasteiger partial charge in [0.2, 0.25) is 0 Å². The molecule has 3 heteroatoms. The van der Waals surface area contributed by atoms with Crippen LogP contribution in [-0.4, -0.2) is 5.91 Å². The Balaban J connectivity index is 2.21. The molecule has 0 spiro atoms. The van der Waals surface area contributed by atoms with Crippen molar-refractivity contribution in [2.45, 2.75) is 33.7 Å². The van der Waals surface area contributed by atoms with Crippen LogP contribution in [0.2, 0.25) is 0 Å². The highest BCUT2D eigenvalue weighted by molar-refractivity contribution is 7.10. The van der Waals surface area contributed by atoms with Crippen LogP contribution >= 0.6 is 11.3 Å². The zero-order chi connectivity index (χ0) is 14.7. The smallest absolute Gasteiger partial charge is 0.252 e. The van der Waals surface area contributed by atoms with Crippen molar-refractivity contribution in [1.29, 1.82) is 0 Å². The Morgan fingerprint density at radius 3 is 2.50 bits per heavy atom. The fraction of sp³-hybridized carbons (Fsp3) is 0.353. The van der Waals surface area contributed by atoms with Crippen molar-refractivity contribution in [3.8, 4) is 0 Å². The molecule has 0 radical (unpaired) electrons. The van der Waals surface area contributed by atoms with Crippen molar-refractivity contribution in [3.05, 3.63) is 57.3 Å². The number of aryl methyl sites for hydroxylation is 2. The van der Waals surface area contributed by atoms with E-state index >= 15 is 0 Å². The van der Waals surface area contributed by atoms with Crippen molar-refractivity contribution >= 4 is 17.2 Å². The lowest BCUT2D eigenvalue weighted by Gasteiger charge is -2.21. The summed E-state index contributed by atoms with van der Waals surface area (Å²) in [4.78, 5) is 13.7. The number of benzene rings is 1. The van der Waals surface area contributed by atoms with E-state index in [1.807, 2.05) is 43.5 Å². The van der Waals surface area contributed by atoms with Crippen LogP contribution in [0.4, 0.5) is 0 Å². The predicted molar refractivity (Wildman–Crippen MR) is 85.3 cm³/mol. The van der Waals surface area contributed by atoms with Gasteiger partial charge in [-0.25, -0.2) is 0 Å². The first-order chi connectivity index (χ1) is 9.49. The number of hydrogen-bond acceptors (Lipinski definition) is 2. The molecule has 0 aliphatic carbocycles. The van der Waals surface area contributed by atoms with Gasteiger partial charge in [0.05, 0.1) is 6.04 Å². The molecule has 0 bridgehead atoms. The van der Waals surface area contributed by atoms with Crippen LogP contribution in [0.1, 0.15) is 46.3 Å². The molecular weight excluding hydrogens is 266 g/mol. The average Bonchev–Trinajstić information content (AvgIpc) is 2.88. The molecule has 0 saturated heterocycles.